The molecule has 0 amide bonds. The zero-order valence-corrected chi connectivity index (χ0v) is 13.3. The summed E-state index contributed by atoms with van der Waals surface area (Å²) in [5.74, 6) is 0. The molecular weight excluding hydrogens is 320 g/mol. The van der Waals surface area contributed by atoms with Crippen LogP contribution in [0.3, 0.4) is 0 Å². The Morgan fingerprint density at radius 1 is 1.40 bits per heavy atom. The molecule has 0 saturated heterocycles. The first kappa shape index (κ1) is 14.9. The summed E-state index contributed by atoms with van der Waals surface area (Å²) in [5, 5.41) is 9.89. The van der Waals surface area contributed by atoms with E-state index in [4.69, 9.17) is 0 Å². The van der Waals surface area contributed by atoms with Gasteiger partial charge in [0.25, 0.3) is 5.56 Å². The molecule has 1 N–H and O–H groups in total. The lowest BCUT2D eigenvalue weighted by Gasteiger charge is -2.17. The average molecular weight is 337 g/mol. The molecular formula is C15H17BrN2O2. The van der Waals surface area contributed by atoms with Gasteiger partial charge >= 0.3 is 0 Å². The van der Waals surface area contributed by atoms with Crippen LogP contribution in [0.1, 0.15) is 30.7 Å². The van der Waals surface area contributed by atoms with E-state index in [2.05, 4.69) is 20.9 Å². The Labute approximate surface area is 126 Å². The zero-order chi connectivity index (χ0) is 14.9. The standard InChI is InChI=1S/C15H17BrN2O2/c1-15(2,20)11-4-5-13(17-8-11)7-10-6-12(16)9-18(3)14(10)19/h4-6,8-9,20H,7H2,1-3H3. The largest absolute Gasteiger partial charge is 0.386 e. The van der Waals surface area contributed by atoms with Crippen LogP contribution in [0.4, 0.5) is 0 Å². The van der Waals surface area contributed by atoms with Crippen LogP contribution in [0.25, 0.3) is 0 Å². The summed E-state index contributed by atoms with van der Waals surface area (Å²) in [4.78, 5) is 16.3. The first-order valence-electron chi connectivity index (χ1n) is 6.30. The minimum absolute atomic E-state index is 0.0263. The van der Waals surface area contributed by atoms with Gasteiger partial charge in [0, 0.05) is 47.2 Å². The van der Waals surface area contributed by atoms with Crippen molar-refractivity contribution in [2.75, 3.05) is 0 Å². The summed E-state index contributed by atoms with van der Waals surface area (Å²) < 4.78 is 2.41. The molecule has 0 saturated carbocycles. The van der Waals surface area contributed by atoms with Gasteiger partial charge < -0.3 is 9.67 Å². The fourth-order valence-electron chi connectivity index (χ4n) is 1.95. The molecule has 0 aromatic carbocycles. The Bertz CT molecular complexity index is 670. The summed E-state index contributed by atoms with van der Waals surface area (Å²) in [7, 11) is 1.72. The Hall–Kier alpha value is -1.46. The van der Waals surface area contributed by atoms with E-state index in [0.29, 0.717) is 12.0 Å². The molecule has 0 aliphatic carbocycles. The van der Waals surface area contributed by atoms with Crippen LogP contribution >= 0.6 is 15.9 Å². The molecule has 0 unspecified atom stereocenters. The molecule has 0 radical (unpaired) electrons. The van der Waals surface area contributed by atoms with Gasteiger partial charge in [-0.05, 0) is 41.9 Å². The highest BCUT2D eigenvalue weighted by atomic mass is 79.9. The SMILES string of the molecule is Cn1cc(Br)cc(Cc2ccc(C(C)(C)O)cn2)c1=O. The maximum absolute atomic E-state index is 12.0. The van der Waals surface area contributed by atoms with Gasteiger partial charge in [-0.3, -0.25) is 9.78 Å². The van der Waals surface area contributed by atoms with Gasteiger partial charge in [0.2, 0.25) is 0 Å². The molecule has 5 heteroatoms. The average Bonchev–Trinajstić information content (AvgIpc) is 2.35. The lowest BCUT2D eigenvalue weighted by Crippen LogP contribution is -2.21. The van der Waals surface area contributed by atoms with E-state index in [0.717, 1.165) is 15.7 Å². The first-order chi connectivity index (χ1) is 9.27. The number of aliphatic hydroxyl groups is 1. The van der Waals surface area contributed by atoms with Crippen molar-refractivity contribution < 1.29 is 5.11 Å². The quantitative estimate of drug-likeness (QED) is 0.936. The number of hydrogen-bond donors (Lipinski definition) is 1. The van der Waals surface area contributed by atoms with Crippen LogP contribution in [-0.2, 0) is 19.1 Å². The minimum atomic E-state index is -0.905. The van der Waals surface area contributed by atoms with Crippen molar-refractivity contribution in [1.82, 2.24) is 9.55 Å². The number of pyridine rings is 2. The van der Waals surface area contributed by atoms with E-state index in [1.165, 1.54) is 0 Å². The summed E-state index contributed by atoms with van der Waals surface area (Å²) in [5.41, 5.74) is 1.31. The fraction of sp³-hybridized carbons (Fsp3) is 0.333. The molecule has 2 aromatic rings. The normalized spacial score (nSPS) is 11.7. The first-order valence-corrected chi connectivity index (χ1v) is 7.09. The van der Waals surface area contributed by atoms with E-state index < -0.39 is 5.60 Å². The molecule has 0 bridgehead atoms. The van der Waals surface area contributed by atoms with Crippen LogP contribution in [0.15, 0.2) is 39.9 Å². The third-order valence-corrected chi connectivity index (χ3v) is 3.56. The van der Waals surface area contributed by atoms with Crippen LogP contribution in [0.5, 0.6) is 0 Å². The number of nitrogens with zero attached hydrogens (tertiary/aromatic N) is 2. The summed E-state index contributed by atoms with van der Waals surface area (Å²) in [6.45, 7) is 3.43. The van der Waals surface area contributed by atoms with Crippen LogP contribution in [-0.4, -0.2) is 14.7 Å². The van der Waals surface area contributed by atoms with Crippen molar-refractivity contribution in [3.63, 3.8) is 0 Å². The van der Waals surface area contributed by atoms with Gasteiger partial charge in [0.1, 0.15) is 0 Å². The van der Waals surface area contributed by atoms with E-state index in [1.54, 1.807) is 37.9 Å². The predicted octanol–water partition coefficient (Wildman–Crippen LogP) is 2.36. The van der Waals surface area contributed by atoms with Crippen LogP contribution in [0, 0.1) is 0 Å². The lowest BCUT2D eigenvalue weighted by atomic mass is 10.00. The smallest absolute Gasteiger partial charge is 0.253 e. The van der Waals surface area contributed by atoms with Gasteiger partial charge in [0.15, 0.2) is 0 Å². The van der Waals surface area contributed by atoms with Crippen LogP contribution < -0.4 is 5.56 Å². The van der Waals surface area contributed by atoms with Gasteiger partial charge in [-0.15, -0.1) is 0 Å². The Balaban J connectivity index is 2.29. The van der Waals surface area contributed by atoms with Gasteiger partial charge in [0.05, 0.1) is 5.60 Å². The van der Waals surface area contributed by atoms with Gasteiger partial charge in [-0.25, -0.2) is 0 Å². The van der Waals surface area contributed by atoms with E-state index >= 15 is 0 Å². The summed E-state index contributed by atoms with van der Waals surface area (Å²) in [6, 6.07) is 5.49. The maximum Gasteiger partial charge on any atom is 0.253 e. The van der Waals surface area contributed by atoms with Crippen LogP contribution in [0.2, 0.25) is 0 Å². The summed E-state index contributed by atoms with van der Waals surface area (Å²) >= 11 is 3.39. The molecule has 2 aromatic heterocycles. The topological polar surface area (TPSA) is 55.1 Å². The third kappa shape index (κ3) is 3.35. The van der Waals surface area contributed by atoms with E-state index in [1.807, 2.05) is 18.2 Å². The summed E-state index contributed by atoms with van der Waals surface area (Å²) in [6.07, 6.45) is 3.85. The van der Waals surface area contributed by atoms with Crippen molar-refractivity contribution in [3.05, 3.63) is 62.2 Å². The molecule has 0 atom stereocenters. The lowest BCUT2D eigenvalue weighted by molar-refractivity contribution is 0.0782. The number of aryl methyl sites for hydroxylation is 1. The molecule has 2 rings (SSSR count). The van der Waals surface area contributed by atoms with Gasteiger partial charge in [-0.1, -0.05) is 6.07 Å². The zero-order valence-electron chi connectivity index (χ0n) is 11.7. The second kappa shape index (κ2) is 5.50. The van der Waals surface area contributed by atoms with Crippen molar-refractivity contribution >= 4 is 15.9 Å². The minimum Gasteiger partial charge on any atom is -0.386 e. The van der Waals surface area contributed by atoms with Crippen molar-refractivity contribution in [1.29, 1.82) is 0 Å². The molecule has 4 nitrogen and oxygen atoms in total. The van der Waals surface area contributed by atoms with Crippen molar-refractivity contribution in [3.8, 4) is 0 Å². The third-order valence-electron chi connectivity index (χ3n) is 3.13. The van der Waals surface area contributed by atoms with Crippen molar-refractivity contribution in [2.45, 2.75) is 25.9 Å². The monoisotopic (exact) mass is 336 g/mol. The second-order valence-corrected chi connectivity index (χ2v) is 6.29. The maximum atomic E-state index is 12.0. The molecule has 0 spiro atoms. The van der Waals surface area contributed by atoms with E-state index in [-0.39, 0.29) is 5.56 Å². The second-order valence-electron chi connectivity index (χ2n) is 5.37. The molecule has 2 heterocycles. The van der Waals surface area contributed by atoms with Crippen molar-refractivity contribution in [2.24, 2.45) is 7.05 Å². The number of hydrogen-bond acceptors (Lipinski definition) is 3. The highest BCUT2D eigenvalue weighted by molar-refractivity contribution is 9.10. The number of halogens is 1. The number of rotatable bonds is 3. The highest BCUT2D eigenvalue weighted by Crippen LogP contribution is 2.19. The number of aromatic nitrogens is 2. The molecule has 106 valence electrons. The fourth-order valence-corrected chi connectivity index (χ4v) is 2.53. The highest BCUT2D eigenvalue weighted by Gasteiger charge is 2.16. The Kier molecular flexibility index (Phi) is 4.11. The Morgan fingerprint density at radius 2 is 2.10 bits per heavy atom. The molecule has 0 fully saturated rings. The van der Waals surface area contributed by atoms with Gasteiger partial charge in [-0.2, -0.15) is 0 Å². The molecule has 0 aliphatic rings. The predicted molar refractivity (Wildman–Crippen MR) is 81.7 cm³/mol. The molecule has 20 heavy (non-hydrogen) atoms. The van der Waals surface area contributed by atoms with E-state index in [9.17, 15) is 9.90 Å². The molecule has 0 aliphatic heterocycles. The Morgan fingerprint density at radius 3 is 2.65 bits per heavy atom.